The van der Waals surface area contributed by atoms with Gasteiger partial charge in [0.25, 0.3) is 23.6 Å². The van der Waals surface area contributed by atoms with Crippen LogP contribution in [0.5, 0.6) is 0 Å². The summed E-state index contributed by atoms with van der Waals surface area (Å²) in [5.74, 6) is -7.13. The maximum Gasteiger partial charge on any atom is 0.329 e. The van der Waals surface area contributed by atoms with E-state index in [4.69, 9.17) is 18.9 Å². The van der Waals surface area contributed by atoms with E-state index >= 15 is 0 Å². The summed E-state index contributed by atoms with van der Waals surface area (Å²) in [7, 11) is 5.56. The lowest BCUT2D eigenvalue weighted by atomic mass is 10.00. The minimum absolute atomic E-state index is 0.0814. The van der Waals surface area contributed by atoms with Crippen LogP contribution in [0.15, 0.2) is 60.7 Å². The van der Waals surface area contributed by atoms with Crippen molar-refractivity contribution in [3.8, 4) is 0 Å². The zero-order chi connectivity index (χ0) is 51.2. The zero-order valence-corrected chi connectivity index (χ0v) is 42.6. The summed E-state index contributed by atoms with van der Waals surface area (Å²) in [4.78, 5) is 119. The molecular weight excluding hydrogens is 873 g/mol. The number of likely N-dealkylation sites (N-methyl/N-ethyl adjacent to an activating group) is 4. The van der Waals surface area contributed by atoms with Gasteiger partial charge < -0.3 is 38.5 Å². The number of hydrogen-bond donors (Lipinski definition) is 0. The summed E-state index contributed by atoms with van der Waals surface area (Å²) in [6.07, 6.45) is -5.56. The molecule has 0 radical (unpaired) electrons. The van der Waals surface area contributed by atoms with Crippen molar-refractivity contribution in [1.82, 2.24) is 19.6 Å². The van der Waals surface area contributed by atoms with E-state index in [0.29, 0.717) is 11.1 Å². The third-order valence-electron chi connectivity index (χ3n) is 12.0. The van der Waals surface area contributed by atoms with E-state index in [1.54, 1.807) is 60.7 Å². The van der Waals surface area contributed by atoms with E-state index in [1.807, 2.05) is 55.4 Å². The molecule has 4 amide bonds. The Hall–Kier alpha value is -5.80. The SMILES string of the molecule is CC(C)C[C@H]1C(=O)O[C@H](Cc2ccccc2)C(=O)N(C)[C@@H](CC(C)C)C(=O)O[C@H](C)C(=O)N(C)[C@@H](CC(C)C)C(=O)O[C@H](Cc2ccccc2)C(=O)N(C)[C@@H](CC(C)C)C(=O)O[C@H](C)C(=O)N1C. The summed E-state index contributed by atoms with van der Waals surface area (Å²) < 4.78 is 23.8. The Labute approximate surface area is 403 Å². The fourth-order valence-corrected chi connectivity index (χ4v) is 8.14. The first kappa shape index (κ1) is 56.5. The Bertz CT molecular complexity index is 1870. The highest BCUT2D eigenvalue weighted by Gasteiger charge is 2.43. The zero-order valence-electron chi connectivity index (χ0n) is 42.6. The van der Waals surface area contributed by atoms with Gasteiger partial charge >= 0.3 is 23.9 Å². The number of nitrogens with zero attached hydrogens (tertiary/aromatic N) is 4. The van der Waals surface area contributed by atoms with Crippen LogP contribution in [0, 0.1) is 23.7 Å². The van der Waals surface area contributed by atoms with Crippen LogP contribution in [0.3, 0.4) is 0 Å². The Kier molecular flexibility index (Phi) is 21.7. The van der Waals surface area contributed by atoms with Gasteiger partial charge in [0.15, 0.2) is 24.4 Å². The van der Waals surface area contributed by atoms with E-state index in [9.17, 15) is 38.4 Å². The summed E-state index contributed by atoms with van der Waals surface area (Å²) in [6, 6.07) is 12.7. The number of hydrogen-bond acceptors (Lipinski definition) is 12. The van der Waals surface area contributed by atoms with E-state index in [2.05, 4.69) is 0 Å². The number of rotatable bonds is 12. The van der Waals surface area contributed by atoms with Gasteiger partial charge in [-0.05, 0) is 74.3 Å². The molecule has 0 aromatic heterocycles. The van der Waals surface area contributed by atoms with Crippen LogP contribution in [0.1, 0.15) is 106 Å². The molecule has 0 N–H and O–H groups in total. The second-order valence-electron chi connectivity index (χ2n) is 19.8. The Morgan fingerprint density at radius 1 is 0.382 bits per heavy atom. The van der Waals surface area contributed by atoms with Crippen molar-refractivity contribution in [3.63, 3.8) is 0 Å². The van der Waals surface area contributed by atoms with E-state index in [-0.39, 0.29) is 62.2 Å². The third-order valence-corrected chi connectivity index (χ3v) is 12.0. The van der Waals surface area contributed by atoms with Crippen LogP contribution >= 0.6 is 0 Å². The van der Waals surface area contributed by atoms with Gasteiger partial charge in [-0.25, -0.2) is 19.2 Å². The maximum atomic E-state index is 14.6. The summed E-state index contributed by atoms with van der Waals surface area (Å²) in [6.45, 7) is 17.5. The van der Waals surface area contributed by atoms with Gasteiger partial charge in [0.1, 0.15) is 24.2 Å². The molecule has 1 aliphatic rings. The monoisotopic (exact) mass is 949 g/mol. The molecule has 376 valence electrons. The quantitative estimate of drug-likeness (QED) is 0.188. The molecule has 16 nitrogen and oxygen atoms in total. The minimum atomic E-state index is -1.47. The standard InChI is InChI=1S/C52H76N4O12/c1-31(2)25-39-49(61)65-35(9)45(57)53(11)42(28-34(7)8)52(64)68-44(30-38-23-19-16-20-24-38)48(60)56(14)40(26-32(3)4)50(62)66-36(10)46(58)54(12)41(27-33(5)6)51(63)67-43(47(59)55(39)13)29-37-21-17-15-18-22-37/h15-24,31-36,39-44H,25-30H2,1-14H3/t35-,36-,39+,40+,41+,42+,43-,44-/m1/s1. The lowest BCUT2D eigenvalue weighted by Crippen LogP contribution is -2.55. The molecule has 1 heterocycles. The van der Waals surface area contributed by atoms with E-state index in [0.717, 1.165) is 19.6 Å². The van der Waals surface area contributed by atoms with Crippen LogP contribution in [0.25, 0.3) is 0 Å². The van der Waals surface area contributed by atoms with Gasteiger partial charge in [0, 0.05) is 41.0 Å². The molecule has 2 aromatic carbocycles. The maximum absolute atomic E-state index is 14.6. The normalized spacial score (nSPS) is 25.2. The molecule has 1 fully saturated rings. The van der Waals surface area contributed by atoms with Crippen LogP contribution < -0.4 is 0 Å². The van der Waals surface area contributed by atoms with Gasteiger partial charge in [-0.15, -0.1) is 0 Å². The van der Waals surface area contributed by atoms with Crippen LogP contribution in [0.4, 0.5) is 0 Å². The first-order chi connectivity index (χ1) is 31.8. The molecule has 2 aromatic rings. The molecule has 0 unspecified atom stereocenters. The van der Waals surface area contributed by atoms with Gasteiger partial charge in [-0.3, -0.25) is 19.2 Å². The summed E-state index contributed by atoms with van der Waals surface area (Å²) in [5, 5.41) is 0. The lowest BCUT2D eigenvalue weighted by Gasteiger charge is -2.35. The van der Waals surface area contributed by atoms with Crippen molar-refractivity contribution in [2.24, 2.45) is 23.7 Å². The summed E-state index contributed by atoms with van der Waals surface area (Å²) >= 11 is 0. The number of benzene rings is 2. The van der Waals surface area contributed by atoms with Crippen molar-refractivity contribution < 1.29 is 57.3 Å². The molecule has 0 spiro atoms. The molecule has 1 saturated heterocycles. The van der Waals surface area contributed by atoms with Crippen molar-refractivity contribution in [2.45, 2.75) is 156 Å². The van der Waals surface area contributed by atoms with Crippen molar-refractivity contribution in [2.75, 3.05) is 28.2 Å². The number of carbonyl (C=O) groups is 8. The average Bonchev–Trinajstić information content (AvgIpc) is 3.28. The Morgan fingerprint density at radius 3 is 0.868 bits per heavy atom. The highest BCUT2D eigenvalue weighted by Crippen LogP contribution is 2.24. The Balaban J connectivity index is 2.25. The van der Waals surface area contributed by atoms with Crippen LogP contribution in [-0.2, 0) is 70.1 Å². The van der Waals surface area contributed by atoms with E-state index in [1.165, 1.54) is 42.0 Å². The van der Waals surface area contributed by atoms with Gasteiger partial charge in [0.2, 0.25) is 0 Å². The molecular formula is C52H76N4O12. The van der Waals surface area contributed by atoms with Crippen molar-refractivity contribution in [1.29, 1.82) is 0 Å². The number of ether oxygens (including phenoxy) is 4. The number of cyclic esters (lactones) is 4. The largest absolute Gasteiger partial charge is 0.451 e. The molecule has 8 atom stereocenters. The summed E-state index contributed by atoms with van der Waals surface area (Å²) in [5.41, 5.74) is 1.30. The van der Waals surface area contributed by atoms with Gasteiger partial charge in [-0.2, -0.15) is 0 Å². The first-order valence-electron chi connectivity index (χ1n) is 23.8. The average molecular weight is 949 g/mol. The fraction of sp³-hybridized carbons (Fsp3) is 0.615. The second-order valence-corrected chi connectivity index (χ2v) is 19.8. The lowest BCUT2D eigenvalue weighted by molar-refractivity contribution is -0.176. The van der Waals surface area contributed by atoms with Crippen molar-refractivity contribution in [3.05, 3.63) is 71.8 Å². The smallest absolute Gasteiger partial charge is 0.329 e. The molecule has 1 aliphatic heterocycles. The number of amides is 4. The Morgan fingerprint density at radius 2 is 0.618 bits per heavy atom. The number of esters is 4. The molecule has 68 heavy (non-hydrogen) atoms. The molecule has 16 heteroatoms. The number of carbonyl (C=O) groups excluding carboxylic acids is 8. The third kappa shape index (κ3) is 16.2. The fourth-order valence-electron chi connectivity index (χ4n) is 8.14. The topological polar surface area (TPSA) is 186 Å². The predicted octanol–water partition coefficient (Wildman–Crippen LogP) is 5.66. The highest BCUT2D eigenvalue weighted by atomic mass is 16.6. The minimum Gasteiger partial charge on any atom is -0.451 e. The first-order valence-corrected chi connectivity index (χ1v) is 23.8. The van der Waals surface area contributed by atoms with Crippen molar-refractivity contribution >= 4 is 47.5 Å². The van der Waals surface area contributed by atoms with Crippen LogP contribution in [-0.4, -0.2) is 144 Å². The predicted molar refractivity (Wildman–Crippen MR) is 255 cm³/mol. The highest BCUT2D eigenvalue weighted by molar-refractivity contribution is 5.94. The van der Waals surface area contributed by atoms with Gasteiger partial charge in [-0.1, -0.05) is 116 Å². The molecule has 3 rings (SSSR count). The van der Waals surface area contributed by atoms with Gasteiger partial charge in [0.05, 0.1) is 0 Å². The molecule has 0 bridgehead atoms. The molecule has 0 aliphatic carbocycles. The second kappa shape index (κ2) is 26.1. The van der Waals surface area contributed by atoms with E-state index < -0.39 is 96.1 Å². The van der Waals surface area contributed by atoms with Crippen LogP contribution in [0.2, 0.25) is 0 Å². The molecule has 0 saturated carbocycles.